The zero-order valence-electron chi connectivity index (χ0n) is 23.6. The van der Waals surface area contributed by atoms with Gasteiger partial charge in [0.05, 0.1) is 132 Å². The summed E-state index contributed by atoms with van der Waals surface area (Å²) in [5.74, 6) is 0.800. The van der Waals surface area contributed by atoms with Crippen LogP contribution in [-0.2, 0) is 47.4 Å². The van der Waals surface area contributed by atoms with E-state index in [1.807, 2.05) is 0 Å². The van der Waals surface area contributed by atoms with Crippen LogP contribution in [0.1, 0.15) is 38.5 Å². The maximum Gasteiger partial charge on any atom is 0.0701 e. The van der Waals surface area contributed by atoms with Gasteiger partial charge in [-0.3, -0.25) is 0 Å². The fourth-order valence-electron chi connectivity index (χ4n) is 4.20. The van der Waals surface area contributed by atoms with E-state index in [9.17, 15) is 0 Å². The molecule has 0 unspecified atom stereocenters. The fourth-order valence-corrected chi connectivity index (χ4v) is 4.20. The van der Waals surface area contributed by atoms with E-state index in [4.69, 9.17) is 47.4 Å². The summed E-state index contributed by atoms with van der Waals surface area (Å²) >= 11 is 0. The highest BCUT2D eigenvalue weighted by Gasteiger charge is 2.12. The molecule has 0 aromatic rings. The van der Waals surface area contributed by atoms with Crippen LogP contribution in [0.25, 0.3) is 0 Å². The van der Waals surface area contributed by atoms with Crippen LogP contribution < -0.4 is 0 Å². The molecular formula is C28H54O10. The van der Waals surface area contributed by atoms with Crippen LogP contribution in [0.15, 0.2) is 0 Å². The van der Waals surface area contributed by atoms with E-state index < -0.39 is 0 Å². The number of hydrogen-bond acceptors (Lipinski definition) is 10. The molecule has 2 aliphatic rings. The van der Waals surface area contributed by atoms with Crippen LogP contribution in [-0.4, -0.2) is 132 Å². The lowest BCUT2D eigenvalue weighted by Gasteiger charge is -2.19. The van der Waals surface area contributed by atoms with Crippen molar-refractivity contribution in [1.82, 2.24) is 0 Å². The molecule has 2 rings (SSSR count). The molecule has 2 fully saturated rings. The molecule has 0 bridgehead atoms. The number of unbranched alkanes of at least 4 members (excludes halogenated alkanes) is 3. The molecule has 10 nitrogen and oxygen atoms in total. The topological polar surface area (TPSA) is 92.3 Å². The predicted molar refractivity (Wildman–Crippen MR) is 143 cm³/mol. The normalized spacial score (nSPS) is 23.7. The van der Waals surface area contributed by atoms with Crippen molar-refractivity contribution in [1.29, 1.82) is 0 Å². The zero-order chi connectivity index (χ0) is 26.6. The van der Waals surface area contributed by atoms with Crippen molar-refractivity contribution >= 4 is 0 Å². The Labute approximate surface area is 230 Å². The number of ether oxygens (including phenoxy) is 10. The van der Waals surface area contributed by atoms with Crippen molar-refractivity contribution in [2.24, 2.45) is 11.8 Å². The van der Waals surface area contributed by atoms with Crippen molar-refractivity contribution in [2.75, 3.05) is 132 Å². The first-order valence-electron chi connectivity index (χ1n) is 14.7. The molecule has 0 atom stereocenters. The molecule has 0 aromatic carbocycles. The fraction of sp³-hybridized carbons (Fsp3) is 1.00. The van der Waals surface area contributed by atoms with E-state index in [1.54, 1.807) is 0 Å². The van der Waals surface area contributed by atoms with Crippen LogP contribution in [0.5, 0.6) is 0 Å². The number of hydrogen-bond donors (Lipinski definition) is 0. The minimum atomic E-state index is 0.400. The van der Waals surface area contributed by atoms with E-state index in [2.05, 4.69) is 0 Å². The van der Waals surface area contributed by atoms with Crippen molar-refractivity contribution in [3.8, 4) is 0 Å². The Balaban J connectivity index is 1.58. The van der Waals surface area contributed by atoms with Crippen molar-refractivity contribution in [2.45, 2.75) is 38.5 Å². The molecule has 0 radical (unpaired) electrons. The molecule has 0 aliphatic carbocycles. The third kappa shape index (κ3) is 21.4. The van der Waals surface area contributed by atoms with Gasteiger partial charge in [-0.05, 0) is 12.8 Å². The quantitative estimate of drug-likeness (QED) is 0.441. The molecule has 0 spiro atoms. The molecule has 10 heteroatoms. The van der Waals surface area contributed by atoms with E-state index in [0.29, 0.717) is 144 Å². The third-order valence-electron chi connectivity index (χ3n) is 6.37. The highest BCUT2D eigenvalue weighted by molar-refractivity contribution is 4.62. The minimum absolute atomic E-state index is 0.400. The molecule has 2 aliphatic heterocycles. The monoisotopic (exact) mass is 550 g/mol. The van der Waals surface area contributed by atoms with Gasteiger partial charge in [0.15, 0.2) is 0 Å². The molecule has 38 heavy (non-hydrogen) atoms. The maximum atomic E-state index is 5.86. The van der Waals surface area contributed by atoms with Gasteiger partial charge in [-0.25, -0.2) is 0 Å². The van der Waals surface area contributed by atoms with Gasteiger partial charge in [0, 0.05) is 11.8 Å². The van der Waals surface area contributed by atoms with Crippen LogP contribution in [0.3, 0.4) is 0 Å². The Morgan fingerprint density at radius 3 is 0.711 bits per heavy atom. The lowest BCUT2D eigenvalue weighted by atomic mass is 9.99. The van der Waals surface area contributed by atoms with E-state index in [-0.39, 0.29) is 0 Å². The number of rotatable bonds is 7. The Bertz CT molecular complexity index is 411. The van der Waals surface area contributed by atoms with Crippen molar-refractivity contribution < 1.29 is 47.4 Å². The largest absolute Gasteiger partial charge is 0.379 e. The summed E-state index contributed by atoms with van der Waals surface area (Å²) in [6, 6.07) is 0. The SMILES string of the molecule is C(CCCC1COCCOCCOCCOCCOC1)CCC1COCCOCCOCCOCCOC1. The Morgan fingerprint density at radius 2 is 0.474 bits per heavy atom. The summed E-state index contributed by atoms with van der Waals surface area (Å²) in [5.41, 5.74) is 0. The average molecular weight is 551 g/mol. The Hall–Kier alpha value is -0.400. The highest BCUT2D eigenvalue weighted by Crippen LogP contribution is 2.16. The van der Waals surface area contributed by atoms with Gasteiger partial charge in [0.2, 0.25) is 0 Å². The van der Waals surface area contributed by atoms with Crippen molar-refractivity contribution in [3.63, 3.8) is 0 Å². The van der Waals surface area contributed by atoms with Gasteiger partial charge < -0.3 is 47.4 Å². The average Bonchev–Trinajstić information content (AvgIpc) is 2.92. The minimum Gasteiger partial charge on any atom is -0.379 e. The van der Waals surface area contributed by atoms with Gasteiger partial charge >= 0.3 is 0 Å². The Morgan fingerprint density at radius 1 is 0.263 bits per heavy atom. The summed E-state index contributed by atoms with van der Waals surface area (Å²) in [6.07, 6.45) is 6.99. The van der Waals surface area contributed by atoms with Gasteiger partial charge in [-0.1, -0.05) is 25.7 Å². The maximum absolute atomic E-state index is 5.86. The molecular weight excluding hydrogens is 496 g/mol. The molecule has 2 saturated heterocycles. The lowest BCUT2D eigenvalue weighted by Crippen LogP contribution is -2.21. The van der Waals surface area contributed by atoms with E-state index >= 15 is 0 Å². The van der Waals surface area contributed by atoms with Crippen LogP contribution in [0.2, 0.25) is 0 Å². The van der Waals surface area contributed by atoms with Gasteiger partial charge in [0.1, 0.15) is 0 Å². The molecule has 0 aromatic heterocycles. The highest BCUT2D eigenvalue weighted by atomic mass is 16.6. The summed E-state index contributed by atoms with van der Waals surface area (Å²) in [4.78, 5) is 0. The van der Waals surface area contributed by atoms with E-state index in [0.717, 1.165) is 12.8 Å². The van der Waals surface area contributed by atoms with Gasteiger partial charge in [0.25, 0.3) is 0 Å². The standard InChI is InChI=1S/C28H54O10/c1(3-5-27-23-35-19-15-31-11-7-29-8-12-32-16-20-36-24-27)2-4-6-28-25-37-21-17-33-13-9-30-10-14-34-18-22-38-26-28/h27-28H,1-26H2. The van der Waals surface area contributed by atoms with Crippen LogP contribution >= 0.6 is 0 Å². The second-order valence-corrected chi connectivity index (χ2v) is 9.70. The first-order valence-corrected chi connectivity index (χ1v) is 14.7. The van der Waals surface area contributed by atoms with E-state index in [1.165, 1.54) is 25.7 Å². The molecule has 0 amide bonds. The Kier molecular flexibility index (Phi) is 23.8. The summed E-state index contributed by atoms with van der Waals surface area (Å²) in [6.45, 7) is 12.3. The predicted octanol–water partition coefficient (Wildman–Crippen LogP) is 2.75. The van der Waals surface area contributed by atoms with Gasteiger partial charge in [-0.15, -0.1) is 0 Å². The smallest absolute Gasteiger partial charge is 0.0701 e. The second-order valence-electron chi connectivity index (χ2n) is 9.70. The van der Waals surface area contributed by atoms with Crippen LogP contribution in [0, 0.1) is 11.8 Å². The molecule has 0 saturated carbocycles. The molecule has 226 valence electrons. The first-order chi connectivity index (χ1) is 18.9. The molecule has 2 heterocycles. The van der Waals surface area contributed by atoms with Gasteiger partial charge in [-0.2, -0.15) is 0 Å². The van der Waals surface area contributed by atoms with Crippen molar-refractivity contribution in [3.05, 3.63) is 0 Å². The summed E-state index contributed by atoms with van der Waals surface area (Å²) < 4.78 is 56.5. The van der Waals surface area contributed by atoms with Crippen LogP contribution in [0.4, 0.5) is 0 Å². The summed E-state index contributed by atoms with van der Waals surface area (Å²) in [7, 11) is 0. The first kappa shape index (κ1) is 33.8. The lowest BCUT2D eigenvalue weighted by molar-refractivity contribution is -0.0345. The zero-order valence-corrected chi connectivity index (χ0v) is 23.6. The third-order valence-corrected chi connectivity index (χ3v) is 6.37. The molecule has 0 N–H and O–H groups in total. The summed E-state index contributed by atoms with van der Waals surface area (Å²) in [5, 5.41) is 0. The second kappa shape index (κ2) is 26.8.